The van der Waals surface area contributed by atoms with Crippen LogP contribution in [0.3, 0.4) is 0 Å². The SMILES string of the molecule is Cc1ccc(CCNC(=O)N2CCC[C@@H](CC(N)=O)C2)cn1. The Morgan fingerprint density at radius 1 is 1.45 bits per heavy atom. The summed E-state index contributed by atoms with van der Waals surface area (Å²) < 4.78 is 0. The van der Waals surface area contributed by atoms with Crippen LogP contribution in [-0.4, -0.2) is 41.5 Å². The summed E-state index contributed by atoms with van der Waals surface area (Å²) in [6.07, 6.45) is 4.84. The minimum Gasteiger partial charge on any atom is -0.370 e. The zero-order valence-corrected chi connectivity index (χ0v) is 13.0. The van der Waals surface area contributed by atoms with E-state index in [9.17, 15) is 9.59 Å². The molecule has 0 aromatic carbocycles. The molecule has 2 rings (SSSR count). The first kappa shape index (κ1) is 16.3. The number of rotatable bonds is 5. The largest absolute Gasteiger partial charge is 0.370 e. The minimum absolute atomic E-state index is 0.0609. The average Bonchev–Trinajstić information content (AvgIpc) is 2.49. The summed E-state index contributed by atoms with van der Waals surface area (Å²) >= 11 is 0. The van der Waals surface area contributed by atoms with E-state index in [1.165, 1.54) is 0 Å². The lowest BCUT2D eigenvalue weighted by Gasteiger charge is -2.32. The summed E-state index contributed by atoms with van der Waals surface area (Å²) in [4.78, 5) is 29.2. The second kappa shape index (κ2) is 7.77. The summed E-state index contributed by atoms with van der Waals surface area (Å²) in [7, 11) is 0. The lowest BCUT2D eigenvalue weighted by molar-refractivity contribution is -0.119. The molecule has 1 aliphatic rings. The number of primary amides is 1. The average molecular weight is 304 g/mol. The number of carbonyl (C=O) groups is 2. The predicted molar refractivity (Wildman–Crippen MR) is 84.2 cm³/mol. The van der Waals surface area contributed by atoms with E-state index in [4.69, 9.17) is 5.73 Å². The number of carbonyl (C=O) groups excluding carboxylic acids is 2. The molecule has 2 heterocycles. The normalized spacial score (nSPS) is 18.0. The van der Waals surface area contributed by atoms with Crippen molar-refractivity contribution in [2.45, 2.75) is 32.6 Å². The number of amides is 3. The molecule has 1 atom stereocenters. The van der Waals surface area contributed by atoms with Crippen LogP contribution in [0, 0.1) is 12.8 Å². The van der Waals surface area contributed by atoms with E-state index in [1.54, 1.807) is 4.90 Å². The molecule has 0 radical (unpaired) electrons. The Hall–Kier alpha value is -2.11. The zero-order chi connectivity index (χ0) is 15.9. The summed E-state index contributed by atoms with van der Waals surface area (Å²) in [6.45, 7) is 3.89. The van der Waals surface area contributed by atoms with E-state index >= 15 is 0 Å². The molecule has 0 saturated carbocycles. The molecule has 6 nitrogen and oxygen atoms in total. The lowest BCUT2D eigenvalue weighted by atomic mass is 9.95. The van der Waals surface area contributed by atoms with Crippen molar-refractivity contribution in [1.82, 2.24) is 15.2 Å². The van der Waals surface area contributed by atoms with Gasteiger partial charge in [-0.1, -0.05) is 6.07 Å². The van der Waals surface area contributed by atoms with Gasteiger partial charge in [0.15, 0.2) is 0 Å². The molecule has 3 N–H and O–H groups in total. The highest BCUT2D eigenvalue weighted by molar-refractivity contribution is 5.75. The van der Waals surface area contributed by atoms with Gasteiger partial charge in [-0.15, -0.1) is 0 Å². The molecule has 1 saturated heterocycles. The number of aryl methyl sites for hydroxylation is 1. The summed E-state index contributed by atoms with van der Waals surface area (Å²) in [5.41, 5.74) is 7.33. The number of hydrogen-bond acceptors (Lipinski definition) is 3. The Bertz CT molecular complexity index is 515. The van der Waals surface area contributed by atoms with Gasteiger partial charge in [0.25, 0.3) is 0 Å². The number of urea groups is 1. The highest BCUT2D eigenvalue weighted by atomic mass is 16.2. The fraction of sp³-hybridized carbons (Fsp3) is 0.562. The molecule has 0 bridgehead atoms. The molecule has 1 aromatic heterocycles. The van der Waals surface area contributed by atoms with Crippen LogP contribution in [0.2, 0.25) is 0 Å². The number of aromatic nitrogens is 1. The third kappa shape index (κ3) is 5.02. The predicted octanol–water partition coefficient (Wildman–Crippen LogP) is 1.23. The fourth-order valence-corrected chi connectivity index (χ4v) is 2.77. The van der Waals surface area contributed by atoms with Crippen molar-refractivity contribution < 1.29 is 9.59 Å². The smallest absolute Gasteiger partial charge is 0.317 e. The van der Waals surface area contributed by atoms with Gasteiger partial charge >= 0.3 is 6.03 Å². The van der Waals surface area contributed by atoms with Crippen molar-refractivity contribution in [3.63, 3.8) is 0 Å². The highest BCUT2D eigenvalue weighted by Crippen LogP contribution is 2.19. The van der Waals surface area contributed by atoms with Gasteiger partial charge in [0.1, 0.15) is 0 Å². The van der Waals surface area contributed by atoms with Crippen molar-refractivity contribution in [3.05, 3.63) is 29.6 Å². The van der Waals surface area contributed by atoms with Crippen molar-refractivity contribution in [3.8, 4) is 0 Å². The van der Waals surface area contributed by atoms with E-state index in [2.05, 4.69) is 10.3 Å². The first-order chi connectivity index (χ1) is 10.5. The van der Waals surface area contributed by atoms with Crippen LogP contribution in [0.25, 0.3) is 0 Å². The molecule has 22 heavy (non-hydrogen) atoms. The van der Waals surface area contributed by atoms with E-state index in [0.29, 0.717) is 19.5 Å². The second-order valence-electron chi connectivity index (χ2n) is 5.91. The van der Waals surface area contributed by atoms with Crippen LogP contribution in [-0.2, 0) is 11.2 Å². The van der Waals surface area contributed by atoms with Crippen molar-refractivity contribution in [2.24, 2.45) is 11.7 Å². The molecule has 1 aromatic rings. The summed E-state index contributed by atoms with van der Waals surface area (Å²) in [5.74, 6) is -0.0996. The number of pyridine rings is 1. The Morgan fingerprint density at radius 3 is 2.95 bits per heavy atom. The maximum Gasteiger partial charge on any atom is 0.317 e. The van der Waals surface area contributed by atoms with E-state index in [-0.39, 0.29) is 17.9 Å². The minimum atomic E-state index is -0.292. The van der Waals surface area contributed by atoms with E-state index in [1.807, 2.05) is 25.3 Å². The van der Waals surface area contributed by atoms with Crippen LogP contribution in [0.1, 0.15) is 30.5 Å². The van der Waals surface area contributed by atoms with Gasteiger partial charge in [-0.3, -0.25) is 9.78 Å². The first-order valence-electron chi connectivity index (χ1n) is 7.77. The number of nitrogens with one attached hydrogen (secondary N) is 1. The van der Waals surface area contributed by atoms with Crippen LogP contribution in [0.4, 0.5) is 4.79 Å². The number of nitrogens with two attached hydrogens (primary N) is 1. The number of likely N-dealkylation sites (tertiary alicyclic amines) is 1. The van der Waals surface area contributed by atoms with Gasteiger partial charge in [-0.05, 0) is 43.7 Å². The van der Waals surface area contributed by atoms with Crippen LogP contribution in [0.5, 0.6) is 0 Å². The van der Waals surface area contributed by atoms with E-state index in [0.717, 1.165) is 37.1 Å². The molecule has 0 aliphatic carbocycles. The summed E-state index contributed by atoms with van der Waals surface area (Å²) in [6, 6.07) is 3.93. The Kier molecular flexibility index (Phi) is 5.75. The molecular formula is C16H24N4O2. The van der Waals surface area contributed by atoms with E-state index < -0.39 is 0 Å². The van der Waals surface area contributed by atoms with Gasteiger partial charge in [0.05, 0.1) is 0 Å². The molecule has 1 aliphatic heterocycles. The van der Waals surface area contributed by atoms with Gasteiger partial charge in [0.2, 0.25) is 5.91 Å². The van der Waals surface area contributed by atoms with Crippen molar-refractivity contribution >= 4 is 11.9 Å². The van der Waals surface area contributed by atoms with Gasteiger partial charge in [-0.2, -0.15) is 0 Å². The van der Waals surface area contributed by atoms with Crippen molar-refractivity contribution in [2.75, 3.05) is 19.6 Å². The third-order valence-electron chi connectivity index (χ3n) is 3.96. The Labute approximate surface area is 131 Å². The molecule has 1 fully saturated rings. The van der Waals surface area contributed by atoms with Gasteiger partial charge < -0.3 is 16.0 Å². The third-order valence-corrected chi connectivity index (χ3v) is 3.96. The second-order valence-corrected chi connectivity index (χ2v) is 5.91. The fourth-order valence-electron chi connectivity index (χ4n) is 2.77. The molecule has 0 unspecified atom stereocenters. The molecule has 6 heteroatoms. The number of nitrogens with zero attached hydrogens (tertiary/aromatic N) is 2. The topological polar surface area (TPSA) is 88.3 Å². The Balaban J connectivity index is 1.74. The molecular weight excluding hydrogens is 280 g/mol. The van der Waals surface area contributed by atoms with Crippen LogP contribution < -0.4 is 11.1 Å². The Morgan fingerprint density at radius 2 is 2.27 bits per heavy atom. The highest BCUT2D eigenvalue weighted by Gasteiger charge is 2.24. The first-order valence-corrected chi connectivity index (χ1v) is 7.77. The van der Waals surface area contributed by atoms with Crippen molar-refractivity contribution in [1.29, 1.82) is 0 Å². The zero-order valence-electron chi connectivity index (χ0n) is 13.0. The monoisotopic (exact) mass is 304 g/mol. The number of piperidine rings is 1. The summed E-state index contributed by atoms with van der Waals surface area (Å²) in [5, 5.41) is 2.93. The molecule has 0 spiro atoms. The van der Waals surface area contributed by atoms with Crippen LogP contribution in [0.15, 0.2) is 18.3 Å². The van der Waals surface area contributed by atoms with Gasteiger partial charge in [-0.25, -0.2) is 4.79 Å². The molecule has 3 amide bonds. The maximum absolute atomic E-state index is 12.2. The number of hydrogen-bond donors (Lipinski definition) is 2. The van der Waals surface area contributed by atoms with Gasteiger partial charge in [0, 0.05) is 37.9 Å². The maximum atomic E-state index is 12.2. The van der Waals surface area contributed by atoms with Crippen LogP contribution >= 0.6 is 0 Å². The quantitative estimate of drug-likeness (QED) is 0.857. The lowest BCUT2D eigenvalue weighted by Crippen LogP contribution is -2.46. The standard InChI is InChI=1S/C16H24N4O2/c1-12-4-5-13(10-19-12)6-7-18-16(22)20-8-2-3-14(11-20)9-15(17)21/h4-5,10,14H,2-3,6-9,11H2,1H3,(H2,17,21)(H,18,22)/t14-/m0/s1. The molecule has 120 valence electrons.